The van der Waals surface area contributed by atoms with E-state index in [9.17, 15) is 10.0 Å². The molecule has 0 saturated carbocycles. The third kappa shape index (κ3) is 2.84. The van der Waals surface area contributed by atoms with E-state index in [1.807, 2.05) is 35.7 Å². The van der Waals surface area contributed by atoms with E-state index >= 15 is 0 Å². The second-order valence-corrected chi connectivity index (χ2v) is 5.63. The van der Waals surface area contributed by atoms with E-state index in [-0.39, 0.29) is 0 Å². The first kappa shape index (κ1) is 12.9. The number of carbonyl (C=O) groups excluding carboxylic acids is 1. The molecule has 0 radical (unpaired) electrons. The van der Waals surface area contributed by atoms with Crippen LogP contribution in [-0.4, -0.2) is 18.3 Å². The summed E-state index contributed by atoms with van der Waals surface area (Å²) in [6.07, 6.45) is 0. The molecule has 0 bridgehead atoms. The number of amides is 2. The van der Waals surface area contributed by atoms with Gasteiger partial charge in [-0.05, 0) is 23.6 Å². The van der Waals surface area contributed by atoms with Crippen LogP contribution in [0.3, 0.4) is 0 Å². The van der Waals surface area contributed by atoms with Gasteiger partial charge in [-0.3, -0.25) is 5.21 Å². The van der Waals surface area contributed by atoms with Crippen molar-refractivity contribution in [1.82, 2.24) is 5.32 Å². The summed E-state index contributed by atoms with van der Waals surface area (Å²) in [4.78, 5) is 12.4. The molecule has 0 fully saturated rings. The van der Waals surface area contributed by atoms with Crippen LogP contribution in [0.4, 0.5) is 10.5 Å². The van der Waals surface area contributed by atoms with Gasteiger partial charge in [-0.1, -0.05) is 30.0 Å². The molecule has 2 rings (SSSR count). The predicted octanol–water partition coefficient (Wildman–Crippen LogP) is 3.43. The van der Waals surface area contributed by atoms with Crippen molar-refractivity contribution in [3.05, 3.63) is 41.8 Å². The Kier molecular flexibility index (Phi) is 4.24. The molecule has 0 aliphatic heterocycles. The molecule has 94 valence electrons. The average molecular weight is 280 g/mol. The Balaban J connectivity index is 2.20. The van der Waals surface area contributed by atoms with Crippen LogP contribution in [0.25, 0.3) is 0 Å². The molecule has 1 aromatic heterocycles. The fourth-order valence-corrected chi connectivity index (χ4v) is 3.34. The number of anilines is 1. The van der Waals surface area contributed by atoms with Crippen molar-refractivity contribution in [2.24, 2.45) is 0 Å². The first-order valence-corrected chi connectivity index (χ1v) is 6.93. The Morgan fingerprint density at radius 3 is 2.72 bits per heavy atom. The third-order valence-corrected chi connectivity index (χ3v) is 4.33. The molecule has 1 heterocycles. The van der Waals surface area contributed by atoms with Gasteiger partial charge in [0.1, 0.15) is 0 Å². The fourth-order valence-electron chi connectivity index (χ4n) is 1.33. The quantitative estimate of drug-likeness (QED) is 0.669. The molecule has 0 aliphatic rings. The molecular formula is C12H12N2O2S2. The van der Waals surface area contributed by atoms with E-state index in [4.69, 9.17) is 0 Å². The van der Waals surface area contributed by atoms with Gasteiger partial charge in [0.25, 0.3) is 0 Å². The lowest BCUT2D eigenvalue weighted by Crippen LogP contribution is -2.35. The van der Waals surface area contributed by atoms with Crippen molar-refractivity contribution in [3.63, 3.8) is 0 Å². The lowest BCUT2D eigenvalue weighted by molar-refractivity contribution is 0.206. The first-order valence-electron chi connectivity index (χ1n) is 5.23. The van der Waals surface area contributed by atoms with Gasteiger partial charge in [0.05, 0.1) is 9.90 Å². The standard InChI is InChI=1S/C12H12N2O2S2/c1-13-12(15)14(16)10-7-8-17-11(10)18-9-5-3-2-4-6-9/h2-8,16H,1H3,(H,13,15). The molecule has 0 saturated heterocycles. The van der Waals surface area contributed by atoms with E-state index in [0.29, 0.717) is 10.8 Å². The van der Waals surface area contributed by atoms with Gasteiger partial charge in [-0.15, -0.1) is 11.3 Å². The number of urea groups is 1. The van der Waals surface area contributed by atoms with Gasteiger partial charge in [0, 0.05) is 11.9 Å². The Morgan fingerprint density at radius 1 is 1.33 bits per heavy atom. The van der Waals surface area contributed by atoms with E-state index in [1.165, 1.54) is 30.1 Å². The molecule has 2 N–H and O–H groups in total. The highest BCUT2D eigenvalue weighted by atomic mass is 32.2. The van der Waals surface area contributed by atoms with E-state index < -0.39 is 6.03 Å². The van der Waals surface area contributed by atoms with Gasteiger partial charge >= 0.3 is 6.03 Å². The minimum Gasteiger partial charge on any atom is -0.339 e. The Bertz CT molecular complexity index is 528. The molecule has 0 aliphatic carbocycles. The maximum absolute atomic E-state index is 11.4. The van der Waals surface area contributed by atoms with Crippen LogP contribution >= 0.6 is 23.1 Å². The van der Waals surface area contributed by atoms with Crippen LogP contribution in [0.1, 0.15) is 0 Å². The van der Waals surface area contributed by atoms with Crippen molar-refractivity contribution in [2.75, 3.05) is 12.1 Å². The Hall–Kier alpha value is -1.50. The molecule has 4 nitrogen and oxygen atoms in total. The molecule has 0 spiro atoms. The number of nitrogens with one attached hydrogen (secondary N) is 1. The number of benzene rings is 1. The van der Waals surface area contributed by atoms with Crippen LogP contribution in [0.15, 0.2) is 50.9 Å². The van der Waals surface area contributed by atoms with Crippen molar-refractivity contribution in [3.8, 4) is 0 Å². The topological polar surface area (TPSA) is 52.6 Å². The van der Waals surface area contributed by atoms with Crippen LogP contribution in [0.2, 0.25) is 0 Å². The molecule has 2 aromatic rings. The molecule has 6 heteroatoms. The van der Waals surface area contributed by atoms with Crippen molar-refractivity contribution < 1.29 is 10.0 Å². The van der Waals surface area contributed by atoms with Crippen molar-refractivity contribution >= 4 is 34.8 Å². The number of thiophene rings is 1. The summed E-state index contributed by atoms with van der Waals surface area (Å²) in [6, 6.07) is 11.0. The van der Waals surface area contributed by atoms with Gasteiger partial charge in [-0.2, -0.15) is 5.06 Å². The average Bonchev–Trinajstić information content (AvgIpc) is 2.86. The van der Waals surface area contributed by atoms with Crippen LogP contribution in [-0.2, 0) is 0 Å². The van der Waals surface area contributed by atoms with E-state index in [0.717, 1.165) is 9.10 Å². The summed E-state index contributed by atoms with van der Waals surface area (Å²) in [5, 5.41) is 14.6. The second kappa shape index (κ2) is 5.90. The summed E-state index contributed by atoms with van der Waals surface area (Å²) >= 11 is 3.00. The monoisotopic (exact) mass is 280 g/mol. The number of nitrogens with zero attached hydrogens (tertiary/aromatic N) is 1. The minimum atomic E-state index is -0.552. The van der Waals surface area contributed by atoms with Crippen molar-refractivity contribution in [2.45, 2.75) is 9.10 Å². The van der Waals surface area contributed by atoms with E-state index in [2.05, 4.69) is 5.32 Å². The Labute approximate surface area is 113 Å². The number of carbonyl (C=O) groups is 1. The van der Waals surface area contributed by atoms with Crippen LogP contribution in [0.5, 0.6) is 0 Å². The largest absolute Gasteiger partial charge is 0.345 e. The highest BCUT2D eigenvalue weighted by Gasteiger charge is 2.17. The SMILES string of the molecule is CNC(=O)N(O)c1ccsc1Sc1ccccc1. The predicted molar refractivity (Wildman–Crippen MR) is 73.6 cm³/mol. The van der Waals surface area contributed by atoms with Gasteiger partial charge in [-0.25, -0.2) is 4.79 Å². The van der Waals surface area contributed by atoms with Gasteiger partial charge < -0.3 is 5.32 Å². The smallest absolute Gasteiger partial charge is 0.339 e. The van der Waals surface area contributed by atoms with Crippen LogP contribution < -0.4 is 10.4 Å². The Morgan fingerprint density at radius 2 is 2.06 bits per heavy atom. The summed E-state index contributed by atoms with van der Waals surface area (Å²) < 4.78 is 0.868. The molecule has 0 atom stereocenters. The highest BCUT2D eigenvalue weighted by molar-refractivity contribution is 8.01. The van der Waals surface area contributed by atoms with Gasteiger partial charge in [0.2, 0.25) is 0 Å². The minimum absolute atomic E-state index is 0.494. The maximum atomic E-state index is 11.4. The second-order valence-electron chi connectivity index (χ2n) is 3.38. The summed E-state index contributed by atoms with van der Waals surface area (Å²) in [7, 11) is 1.47. The maximum Gasteiger partial charge on any atom is 0.345 e. The van der Waals surface area contributed by atoms with Crippen LogP contribution in [0, 0.1) is 0 Å². The first-order chi connectivity index (χ1) is 8.72. The normalized spacial score (nSPS) is 10.1. The lowest BCUT2D eigenvalue weighted by Gasteiger charge is -2.14. The zero-order chi connectivity index (χ0) is 13.0. The molecule has 2 amide bonds. The zero-order valence-corrected chi connectivity index (χ0v) is 11.3. The molecule has 18 heavy (non-hydrogen) atoms. The third-order valence-electron chi connectivity index (χ3n) is 2.20. The summed E-state index contributed by atoms with van der Waals surface area (Å²) in [5.74, 6) is 0. The van der Waals surface area contributed by atoms with E-state index in [1.54, 1.807) is 6.07 Å². The van der Waals surface area contributed by atoms with Crippen molar-refractivity contribution in [1.29, 1.82) is 0 Å². The molecular weight excluding hydrogens is 268 g/mol. The number of hydroxylamine groups is 1. The fraction of sp³-hybridized carbons (Fsp3) is 0.0833. The lowest BCUT2D eigenvalue weighted by atomic mass is 10.4. The molecule has 0 unspecified atom stereocenters. The highest BCUT2D eigenvalue weighted by Crippen LogP contribution is 2.39. The summed E-state index contributed by atoms with van der Waals surface area (Å²) in [5.41, 5.74) is 0.494. The molecule has 1 aromatic carbocycles. The zero-order valence-electron chi connectivity index (χ0n) is 9.66. The summed E-state index contributed by atoms with van der Waals surface area (Å²) in [6.45, 7) is 0. The number of rotatable bonds is 3. The van der Waals surface area contributed by atoms with Gasteiger partial charge in [0.15, 0.2) is 0 Å². The number of hydrogen-bond donors (Lipinski definition) is 2. The number of hydrogen-bond acceptors (Lipinski definition) is 4.